The first-order valence-corrected chi connectivity index (χ1v) is 6.84. The predicted octanol–water partition coefficient (Wildman–Crippen LogP) is 0.631. The lowest BCUT2D eigenvalue weighted by Crippen LogP contribution is -2.54. The Hall–Kier alpha value is -1.14. The molecule has 6 nitrogen and oxygen atoms in total. The van der Waals surface area contributed by atoms with E-state index in [9.17, 15) is 9.59 Å². The van der Waals surface area contributed by atoms with Crippen molar-refractivity contribution in [1.82, 2.24) is 4.90 Å². The van der Waals surface area contributed by atoms with Crippen LogP contribution in [-0.2, 0) is 14.3 Å². The van der Waals surface area contributed by atoms with Gasteiger partial charge in [-0.05, 0) is 41.5 Å². The molecule has 0 radical (unpaired) electrons. The van der Waals surface area contributed by atoms with E-state index >= 15 is 0 Å². The molecule has 0 aliphatic heterocycles. The van der Waals surface area contributed by atoms with E-state index in [-0.39, 0.29) is 24.1 Å². The Balaban J connectivity index is 4.39. The summed E-state index contributed by atoms with van der Waals surface area (Å²) in [6.45, 7) is 13.5. The number of primary amides is 1. The smallest absolute Gasteiger partial charge is 0.323 e. The van der Waals surface area contributed by atoms with Gasteiger partial charge in [0.2, 0.25) is 5.91 Å². The van der Waals surface area contributed by atoms with Gasteiger partial charge in [0.1, 0.15) is 12.6 Å². The average Bonchev–Trinajstić information content (AvgIpc) is 2.19. The number of carbonyl (C=O) groups excluding carboxylic acids is 2. The van der Waals surface area contributed by atoms with Crippen LogP contribution in [0.15, 0.2) is 0 Å². The van der Waals surface area contributed by atoms with E-state index in [1.54, 1.807) is 0 Å². The number of rotatable bonds is 6. The molecule has 0 aromatic rings. The molecule has 1 atom stereocenters. The second-order valence-corrected chi connectivity index (χ2v) is 6.94. The molecule has 4 N–H and O–H groups in total. The van der Waals surface area contributed by atoms with Crippen molar-refractivity contribution in [2.45, 2.75) is 65.1 Å². The highest BCUT2D eigenvalue weighted by Gasteiger charge is 2.31. The molecule has 0 saturated heterocycles. The summed E-state index contributed by atoms with van der Waals surface area (Å²) >= 11 is 0. The van der Waals surface area contributed by atoms with Crippen molar-refractivity contribution in [1.29, 1.82) is 0 Å². The van der Waals surface area contributed by atoms with Crippen molar-refractivity contribution in [2.75, 3.05) is 13.2 Å². The molecule has 0 rings (SSSR count). The van der Waals surface area contributed by atoms with E-state index in [0.717, 1.165) is 0 Å². The Morgan fingerprint density at radius 3 is 1.90 bits per heavy atom. The number of hydrogen-bond donors (Lipinski definition) is 2. The van der Waals surface area contributed by atoms with Gasteiger partial charge < -0.3 is 16.2 Å². The molecular formula is C14H29N3O3. The Morgan fingerprint density at radius 2 is 1.55 bits per heavy atom. The Morgan fingerprint density at radius 1 is 1.10 bits per heavy atom. The number of amides is 1. The molecule has 1 amide bonds. The topological polar surface area (TPSA) is 98.7 Å². The molecule has 1 unspecified atom stereocenters. The summed E-state index contributed by atoms with van der Waals surface area (Å²) in [7, 11) is 0. The van der Waals surface area contributed by atoms with Gasteiger partial charge in [-0.2, -0.15) is 0 Å². The predicted molar refractivity (Wildman–Crippen MR) is 79.0 cm³/mol. The molecule has 0 aliphatic rings. The van der Waals surface area contributed by atoms with Gasteiger partial charge in [-0.15, -0.1) is 0 Å². The number of nitrogens with two attached hydrogens (primary N) is 2. The van der Waals surface area contributed by atoms with Crippen LogP contribution in [0.1, 0.15) is 48.0 Å². The third kappa shape index (κ3) is 6.86. The zero-order chi connectivity index (χ0) is 16.1. The van der Waals surface area contributed by atoms with Crippen LogP contribution in [0.2, 0.25) is 0 Å². The molecule has 20 heavy (non-hydrogen) atoms. The summed E-state index contributed by atoms with van der Waals surface area (Å²) in [4.78, 5) is 24.5. The van der Waals surface area contributed by atoms with Crippen LogP contribution in [0.3, 0.4) is 0 Å². The molecule has 0 aliphatic carbocycles. The van der Waals surface area contributed by atoms with E-state index in [4.69, 9.17) is 16.2 Å². The van der Waals surface area contributed by atoms with Crippen LogP contribution in [-0.4, -0.2) is 47.0 Å². The van der Waals surface area contributed by atoms with Crippen LogP contribution < -0.4 is 11.5 Å². The van der Waals surface area contributed by atoms with Crippen molar-refractivity contribution in [3.8, 4) is 0 Å². The Labute approximate surface area is 121 Å². The SMILES string of the molecule is CC(C)(C)N(CCOC(=O)C(N)CC(N)=O)C(C)(C)C. The number of carbonyl (C=O) groups is 2. The van der Waals surface area contributed by atoms with Gasteiger partial charge in [0.15, 0.2) is 0 Å². The van der Waals surface area contributed by atoms with E-state index in [1.807, 2.05) is 0 Å². The maximum atomic E-state index is 11.6. The zero-order valence-corrected chi connectivity index (χ0v) is 13.5. The Bertz CT molecular complexity index is 329. The molecular weight excluding hydrogens is 258 g/mol. The minimum Gasteiger partial charge on any atom is -0.463 e. The standard InChI is InChI=1S/C14H29N3O3/c1-13(2,3)17(14(4,5)6)7-8-20-12(19)10(15)9-11(16)18/h10H,7-9,15H2,1-6H3,(H2,16,18). The van der Waals surface area contributed by atoms with Gasteiger partial charge in [-0.25, -0.2) is 0 Å². The molecule has 0 aromatic carbocycles. The fourth-order valence-corrected chi connectivity index (χ4v) is 2.32. The highest BCUT2D eigenvalue weighted by molar-refractivity contribution is 5.84. The lowest BCUT2D eigenvalue weighted by molar-refractivity contribution is -0.147. The third-order valence-electron chi connectivity index (χ3n) is 2.90. The molecule has 118 valence electrons. The largest absolute Gasteiger partial charge is 0.463 e. The normalized spacial score (nSPS) is 14.2. The first-order valence-electron chi connectivity index (χ1n) is 6.84. The van der Waals surface area contributed by atoms with Crippen LogP contribution in [0.25, 0.3) is 0 Å². The second-order valence-electron chi connectivity index (χ2n) is 6.94. The van der Waals surface area contributed by atoms with Crippen molar-refractivity contribution in [3.63, 3.8) is 0 Å². The lowest BCUT2D eigenvalue weighted by atomic mass is 9.96. The number of ether oxygens (including phenoxy) is 1. The summed E-state index contributed by atoms with van der Waals surface area (Å²) in [6, 6.07) is -0.981. The van der Waals surface area contributed by atoms with Crippen molar-refractivity contribution in [3.05, 3.63) is 0 Å². The van der Waals surface area contributed by atoms with Crippen molar-refractivity contribution in [2.24, 2.45) is 11.5 Å². The molecule has 6 heteroatoms. The summed E-state index contributed by atoms with van der Waals surface area (Å²) in [6.07, 6.45) is -0.193. The number of esters is 1. The van der Waals surface area contributed by atoms with E-state index in [1.165, 1.54) is 0 Å². The minimum atomic E-state index is -0.981. The summed E-state index contributed by atoms with van der Waals surface area (Å²) in [5, 5.41) is 0. The highest BCUT2D eigenvalue weighted by atomic mass is 16.5. The average molecular weight is 287 g/mol. The van der Waals surface area contributed by atoms with Crippen LogP contribution in [0.5, 0.6) is 0 Å². The minimum absolute atomic E-state index is 0.0417. The van der Waals surface area contributed by atoms with Gasteiger partial charge in [-0.3, -0.25) is 14.5 Å². The van der Waals surface area contributed by atoms with E-state index in [2.05, 4.69) is 46.4 Å². The number of hydrogen-bond acceptors (Lipinski definition) is 5. The molecule has 0 heterocycles. The second kappa shape index (κ2) is 7.04. The molecule has 0 spiro atoms. The first-order chi connectivity index (χ1) is 8.85. The van der Waals surface area contributed by atoms with Crippen molar-refractivity contribution >= 4 is 11.9 Å². The van der Waals surface area contributed by atoms with Gasteiger partial charge >= 0.3 is 5.97 Å². The molecule has 0 saturated carbocycles. The lowest BCUT2D eigenvalue weighted by Gasteiger charge is -2.45. The van der Waals surface area contributed by atoms with E-state index in [0.29, 0.717) is 6.54 Å². The summed E-state index contributed by atoms with van der Waals surface area (Å²) < 4.78 is 5.11. The summed E-state index contributed by atoms with van der Waals surface area (Å²) in [5.74, 6) is -1.20. The van der Waals surface area contributed by atoms with Crippen molar-refractivity contribution < 1.29 is 14.3 Å². The Kier molecular flexibility index (Phi) is 6.64. The summed E-state index contributed by atoms with van der Waals surface area (Å²) in [5.41, 5.74) is 10.4. The zero-order valence-electron chi connectivity index (χ0n) is 13.5. The monoisotopic (exact) mass is 287 g/mol. The van der Waals surface area contributed by atoms with Gasteiger partial charge in [0.05, 0.1) is 6.42 Å². The molecule has 0 aromatic heterocycles. The molecule has 0 fully saturated rings. The quantitative estimate of drug-likeness (QED) is 0.698. The third-order valence-corrected chi connectivity index (χ3v) is 2.90. The van der Waals surface area contributed by atoms with Crippen LogP contribution in [0.4, 0.5) is 0 Å². The van der Waals surface area contributed by atoms with Crippen LogP contribution in [0, 0.1) is 0 Å². The number of nitrogens with zero attached hydrogens (tertiary/aromatic N) is 1. The van der Waals surface area contributed by atoms with Gasteiger partial charge in [-0.1, -0.05) is 0 Å². The van der Waals surface area contributed by atoms with Gasteiger partial charge in [0, 0.05) is 17.6 Å². The van der Waals surface area contributed by atoms with Gasteiger partial charge in [0.25, 0.3) is 0 Å². The van der Waals surface area contributed by atoms with Crippen LogP contribution >= 0.6 is 0 Å². The fraction of sp³-hybridized carbons (Fsp3) is 0.857. The maximum absolute atomic E-state index is 11.6. The maximum Gasteiger partial charge on any atom is 0.323 e. The fourth-order valence-electron chi connectivity index (χ4n) is 2.32. The molecule has 0 bridgehead atoms. The first kappa shape index (κ1) is 18.9. The highest BCUT2D eigenvalue weighted by Crippen LogP contribution is 2.23. The van der Waals surface area contributed by atoms with E-state index < -0.39 is 17.9 Å².